The maximum Gasteiger partial charge on any atom is 0.274 e. The van der Waals surface area contributed by atoms with E-state index < -0.39 is 0 Å². The minimum Gasteiger partial charge on any atom is -0.481 e. The molecule has 7 nitrogen and oxygen atoms in total. The Morgan fingerprint density at radius 3 is 2.50 bits per heavy atom. The lowest BCUT2D eigenvalue weighted by Crippen LogP contribution is -2.48. The standard InChI is InChI=1S/C26H26ClN5O2/c1-18-6-8-19(9-7-18)24-21(32-12-4-3-5-22(32)28-24)17-30-13-15-31(16-14-30)26(33)25-20(27)10-11-23(29-25)34-2/h3-12H,13-17H2,1-2H3. The molecular weight excluding hydrogens is 450 g/mol. The Balaban J connectivity index is 1.34. The maximum atomic E-state index is 13.0. The van der Waals surface area contributed by atoms with Gasteiger partial charge in [-0.1, -0.05) is 47.5 Å². The van der Waals surface area contributed by atoms with Crippen molar-refractivity contribution in [2.45, 2.75) is 13.5 Å². The van der Waals surface area contributed by atoms with Crippen LogP contribution in [-0.4, -0.2) is 63.4 Å². The third kappa shape index (κ3) is 4.36. The highest BCUT2D eigenvalue weighted by molar-refractivity contribution is 6.33. The summed E-state index contributed by atoms with van der Waals surface area (Å²) in [7, 11) is 1.52. The molecule has 34 heavy (non-hydrogen) atoms. The van der Waals surface area contributed by atoms with Crippen LogP contribution < -0.4 is 4.74 Å². The van der Waals surface area contributed by atoms with Gasteiger partial charge in [-0.25, -0.2) is 9.97 Å². The number of aromatic nitrogens is 3. The monoisotopic (exact) mass is 475 g/mol. The van der Waals surface area contributed by atoms with Gasteiger partial charge in [-0.05, 0) is 25.1 Å². The minimum atomic E-state index is -0.168. The Kier molecular flexibility index (Phi) is 6.22. The molecule has 4 heterocycles. The van der Waals surface area contributed by atoms with E-state index in [0.717, 1.165) is 42.2 Å². The second-order valence-electron chi connectivity index (χ2n) is 8.45. The zero-order valence-electron chi connectivity index (χ0n) is 19.2. The van der Waals surface area contributed by atoms with Crippen LogP contribution in [0.3, 0.4) is 0 Å². The van der Waals surface area contributed by atoms with Crippen LogP contribution in [0.15, 0.2) is 60.8 Å². The first-order chi connectivity index (χ1) is 16.5. The predicted molar refractivity (Wildman–Crippen MR) is 132 cm³/mol. The SMILES string of the molecule is COc1ccc(Cl)c(C(=O)N2CCN(Cc3c(-c4ccc(C)cc4)nc4ccccn34)CC2)n1. The molecule has 1 aromatic carbocycles. The van der Waals surface area contributed by atoms with Crippen LogP contribution in [0.5, 0.6) is 5.88 Å². The average Bonchev–Trinajstić information content (AvgIpc) is 3.23. The van der Waals surface area contributed by atoms with Crippen molar-refractivity contribution >= 4 is 23.2 Å². The molecule has 1 saturated heterocycles. The molecule has 3 aromatic heterocycles. The Morgan fingerprint density at radius 1 is 1.00 bits per heavy atom. The van der Waals surface area contributed by atoms with Crippen molar-refractivity contribution in [1.82, 2.24) is 24.2 Å². The summed E-state index contributed by atoms with van der Waals surface area (Å²) in [5.41, 5.74) is 5.64. The highest BCUT2D eigenvalue weighted by Crippen LogP contribution is 2.27. The van der Waals surface area contributed by atoms with Gasteiger partial charge in [-0.2, -0.15) is 0 Å². The van der Waals surface area contributed by atoms with Crippen LogP contribution in [0, 0.1) is 6.92 Å². The summed E-state index contributed by atoms with van der Waals surface area (Å²) in [6.45, 7) is 5.54. The number of halogens is 1. The number of ether oxygens (including phenoxy) is 1. The van der Waals surface area contributed by atoms with Crippen LogP contribution >= 0.6 is 11.6 Å². The number of hydrogen-bond acceptors (Lipinski definition) is 5. The smallest absolute Gasteiger partial charge is 0.274 e. The van der Waals surface area contributed by atoms with Gasteiger partial charge in [0.25, 0.3) is 5.91 Å². The Hall–Kier alpha value is -3.42. The molecule has 0 radical (unpaired) electrons. The summed E-state index contributed by atoms with van der Waals surface area (Å²) >= 11 is 6.25. The van der Waals surface area contributed by atoms with Gasteiger partial charge in [0, 0.05) is 50.6 Å². The molecule has 8 heteroatoms. The zero-order valence-corrected chi connectivity index (χ0v) is 20.0. The van der Waals surface area contributed by atoms with E-state index in [9.17, 15) is 4.79 Å². The van der Waals surface area contributed by atoms with Gasteiger partial charge in [-0.15, -0.1) is 0 Å². The number of piperazine rings is 1. The number of benzene rings is 1. The Labute approximate surface area is 203 Å². The largest absolute Gasteiger partial charge is 0.481 e. The van der Waals surface area contributed by atoms with Crippen LogP contribution in [0.4, 0.5) is 0 Å². The number of carbonyl (C=O) groups is 1. The lowest BCUT2D eigenvalue weighted by Gasteiger charge is -2.34. The Bertz CT molecular complexity index is 1330. The highest BCUT2D eigenvalue weighted by atomic mass is 35.5. The number of amides is 1. The lowest BCUT2D eigenvalue weighted by molar-refractivity contribution is 0.0620. The topological polar surface area (TPSA) is 63.0 Å². The average molecular weight is 476 g/mol. The molecule has 0 unspecified atom stereocenters. The molecule has 0 atom stereocenters. The number of methoxy groups -OCH3 is 1. The molecule has 174 valence electrons. The predicted octanol–water partition coefficient (Wildman–Crippen LogP) is 4.32. The van der Waals surface area contributed by atoms with Crippen LogP contribution in [0.25, 0.3) is 16.9 Å². The molecule has 0 bridgehead atoms. The summed E-state index contributed by atoms with van der Waals surface area (Å²) in [6, 6.07) is 17.8. The molecule has 1 amide bonds. The summed E-state index contributed by atoms with van der Waals surface area (Å²) in [4.78, 5) is 26.4. The van der Waals surface area contributed by atoms with Gasteiger partial charge in [0.2, 0.25) is 5.88 Å². The van der Waals surface area contributed by atoms with Crippen molar-refractivity contribution in [3.8, 4) is 17.1 Å². The summed E-state index contributed by atoms with van der Waals surface area (Å²) < 4.78 is 7.31. The number of nitrogens with zero attached hydrogens (tertiary/aromatic N) is 5. The third-order valence-electron chi connectivity index (χ3n) is 6.22. The van der Waals surface area contributed by atoms with E-state index in [1.165, 1.54) is 12.7 Å². The lowest BCUT2D eigenvalue weighted by atomic mass is 10.1. The molecule has 0 aliphatic carbocycles. The van der Waals surface area contributed by atoms with Gasteiger partial charge in [0.15, 0.2) is 5.69 Å². The van der Waals surface area contributed by atoms with E-state index >= 15 is 0 Å². The van der Waals surface area contributed by atoms with Gasteiger partial charge >= 0.3 is 0 Å². The van der Waals surface area contributed by atoms with Crippen molar-refractivity contribution < 1.29 is 9.53 Å². The third-order valence-corrected chi connectivity index (χ3v) is 6.52. The second-order valence-corrected chi connectivity index (χ2v) is 8.86. The van der Waals surface area contributed by atoms with Crippen molar-refractivity contribution in [3.05, 3.63) is 82.8 Å². The zero-order chi connectivity index (χ0) is 23.7. The number of fused-ring (bicyclic) bond motifs is 1. The molecule has 0 saturated carbocycles. The number of imidazole rings is 1. The Morgan fingerprint density at radius 2 is 1.76 bits per heavy atom. The molecule has 5 rings (SSSR count). The first kappa shape index (κ1) is 22.4. The van der Waals surface area contributed by atoms with E-state index in [-0.39, 0.29) is 11.6 Å². The number of aryl methyl sites for hydroxylation is 1. The fraction of sp³-hybridized carbons (Fsp3) is 0.269. The fourth-order valence-electron chi connectivity index (χ4n) is 4.30. The molecule has 1 aliphatic rings. The van der Waals surface area contributed by atoms with Gasteiger partial charge < -0.3 is 14.0 Å². The molecule has 1 fully saturated rings. The van der Waals surface area contributed by atoms with Gasteiger partial charge in [-0.3, -0.25) is 9.69 Å². The van der Waals surface area contributed by atoms with Crippen molar-refractivity contribution in [1.29, 1.82) is 0 Å². The molecular formula is C26H26ClN5O2. The van der Waals surface area contributed by atoms with Crippen molar-refractivity contribution in [2.75, 3.05) is 33.3 Å². The molecule has 0 N–H and O–H groups in total. The second kappa shape index (κ2) is 9.44. The normalized spacial score (nSPS) is 14.5. The molecule has 1 aliphatic heterocycles. The first-order valence-electron chi connectivity index (χ1n) is 11.3. The van der Waals surface area contributed by atoms with Crippen molar-refractivity contribution in [3.63, 3.8) is 0 Å². The summed E-state index contributed by atoms with van der Waals surface area (Å²) in [5, 5.41) is 0.335. The van der Waals surface area contributed by atoms with E-state index in [1.807, 2.05) is 18.2 Å². The van der Waals surface area contributed by atoms with E-state index in [4.69, 9.17) is 21.3 Å². The quantitative estimate of drug-likeness (QED) is 0.430. The summed E-state index contributed by atoms with van der Waals surface area (Å²) in [6.07, 6.45) is 2.06. The van der Waals surface area contributed by atoms with Gasteiger partial charge in [0.1, 0.15) is 5.65 Å². The van der Waals surface area contributed by atoms with Crippen LogP contribution in [0.2, 0.25) is 5.02 Å². The van der Waals surface area contributed by atoms with Crippen molar-refractivity contribution in [2.24, 2.45) is 0 Å². The maximum absolute atomic E-state index is 13.0. The number of hydrogen-bond donors (Lipinski definition) is 0. The van der Waals surface area contributed by atoms with Crippen LogP contribution in [-0.2, 0) is 6.54 Å². The highest BCUT2D eigenvalue weighted by Gasteiger charge is 2.26. The summed E-state index contributed by atoms with van der Waals surface area (Å²) in [5.74, 6) is 0.210. The number of rotatable bonds is 5. The van der Waals surface area contributed by atoms with Gasteiger partial charge in [0.05, 0.1) is 23.5 Å². The van der Waals surface area contributed by atoms with E-state index in [2.05, 4.69) is 51.7 Å². The minimum absolute atomic E-state index is 0.168. The van der Waals surface area contributed by atoms with E-state index in [1.54, 1.807) is 17.0 Å². The van der Waals surface area contributed by atoms with Crippen LogP contribution in [0.1, 0.15) is 21.7 Å². The van der Waals surface area contributed by atoms with E-state index in [0.29, 0.717) is 24.0 Å². The first-order valence-corrected chi connectivity index (χ1v) is 11.7. The molecule has 4 aromatic rings. The number of pyridine rings is 2. The number of carbonyl (C=O) groups excluding carboxylic acids is 1. The molecule has 0 spiro atoms. The fourth-order valence-corrected chi connectivity index (χ4v) is 4.48.